The molecule has 2 N–H and O–H groups in total. The molecule has 0 fully saturated rings. The molecular weight excluding hydrogens is 272 g/mol. The van der Waals surface area contributed by atoms with Crippen molar-refractivity contribution in [2.24, 2.45) is 0 Å². The van der Waals surface area contributed by atoms with E-state index in [1.54, 1.807) is 6.20 Å². The van der Waals surface area contributed by atoms with Gasteiger partial charge in [0.2, 0.25) is 0 Å². The van der Waals surface area contributed by atoms with Crippen molar-refractivity contribution in [3.8, 4) is 0 Å². The molecule has 0 bridgehead atoms. The molecule has 6 heteroatoms. The fourth-order valence-corrected chi connectivity index (χ4v) is 2.69. The van der Waals surface area contributed by atoms with Gasteiger partial charge in [-0.1, -0.05) is 6.07 Å². The highest BCUT2D eigenvalue weighted by molar-refractivity contribution is 7.10. The number of thiophene rings is 1. The van der Waals surface area contributed by atoms with Gasteiger partial charge < -0.3 is 10.4 Å². The van der Waals surface area contributed by atoms with E-state index >= 15 is 0 Å². The third kappa shape index (κ3) is 2.61. The van der Waals surface area contributed by atoms with Crippen LogP contribution in [0.5, 0.6) is 0 Å². The summed E-state index contributed by atoms with van der Waals surface area (Å²) in [7, 11) is 0. The van der Waals surface area contributed by atoms with E-state index in [0.717, 1.165) is 10.3 Å². The van der Waals surface area contributed by atoms with E-state index in [0.29, 0.717) is 23.8 Å². The summed E-state index contributed by atoms with van der Waals surface area (Å²) in [6.45, 7) is 2.23. The molecular formula is C14H14N4OS. The Kier molecular flexibility index (Phi) is 3.58. The van der Waals surface area contributed by atoms with Crippen molar-refractivity contribution in [2.45, 2.75) is 13.0 Å². The lowest BCUT2D eigenvalue weighted by Gasteiger charge is -2.12. The summed E-state index contributed by atoms with van der Waals surface area (Å²) >= 11 is 1.54. The lowest BCUT2D eigenvalue weighted by Crippen LogP contribution is -2.13. The van der Waals surface area contributed by atoms with E-state index < -0.39 is 6.10 Å². The molecule has 0 saturated heterocycles. The average Bonchev–Trinajstić information content (AvgIpc) is 2.98. The number of hydrogen-bond acceptors (Lipinski definition) is 6. The van der Waals surface area contributed by atoms with Crippen LogP contribution in [0.4, 0.5) is 5.82 Å². The minimum atomic E-state index is -0.544. The minimum absolute atomic E-state index is 0.404. The molecule has 3 aromatic heterocycles. The van der Waals surface area contributed by atoms with E-state index in [1.807, 2.05) is 36.6 Å². The molecule has 20 heavy (non-hydrogen) atoms. The molecule has 3 rings (SSSR count). The van der Waals surface area contributed by atoms with Gasteiger partial charge in [0, 0.05) is 17.6 Å². The molecule has 1 atom stereocenters. The van der Waals surface area contributed by atoms with Crippen LogP contribution >= 0.6 is 11.3 Å². The summed E-state index contributed by atoms with van der Waals surface area (Å²) in [6.07, 6.45) is 1.16. The number of hydrogen-bond donors (Lipinski definition) is 2. The van der Waals surface area contributed by atoms with Crippen molar-refractivity contribution < 1.29 is 5.11 Å². The second kappa shape index (κ2) is 5.52. The van der Waals surface area contributed by atoms with Crippen molar-refractivity contribution in [1.82, 2.24) is 15.0 Å². The van der Waals surface area contributed by atoms with E-state index in [2.05, 4.69) is 20.3 Å². The molecule has 3 heterocycles. The zero-order valence-corrected chi connectivity index (χ0v) is 11.8. The van der Waals surface area contributed by atoms with Gasteiger partial charge in [0.25, 0.3) is 0 Å². The van der Waals surface area contributed by atoms with E-state index in [-0.39, 0.29) is 0 Å². The standard InChI is InChI=1S/C14H14N4OS/c1-9-17-13-10(4-2-6-15-13)14(18-9)16-8-11(19)12-5-3-7-20-12/h2-7,11,19H,8H2,1H3,(H,15,16,17,18)/t11-/m0/s1. The van der Waals surface area contributed by atoms with Crippen molar-refractivity contribution in [3.63, 3.8) is 0 Å². The number of aliphatic hydroxyl groups is 1. The van der Waals surface area contributed by atoms with Crippen LogP contribution in [0.15, 0.2) is 35.8 Å². The van der Waals surface area contributed by atoms with Crippen LogP contribution in [0.3, 0.4) is 0 Å². The number of nitrogens with one attached hydrogen (secondary N) is 1. The number of aromatic nitrogens is 3. The topological polar surface area (TPSA) is 70.9 Å². The highest BCUT2D eigenvalue weighted by Crippen LogP contribution is 2.22. The van der Waals surface area contributed by atoms with Gasteiger partial charge in [0.1, 0.15) is 17.7 Å². The van der Waals surface area contributed by atoms with Gasteiger partial charge in [0.05, 0.1) is 5.39 Å². The number of aryl methyl sites for hydroxylation is 1. The Hall–Kier alpha value is -2.05. The summed E-state index contributed by atoms with van der Waals surface area (Å²) in [4.78, 5) is 13.8. The maximum absolute atomic E-state index is 10.1. The molecule has 102 valence electrons. The molecule has 0 unspecified atom stereocenters. The lowest BCUT2D eigenvalue weighted by atomic mass is 10.2. The van der Waals surface area contributed by atoms with Crippen LogP contribution in [0, 0.1) is 6.92 Å². The van der Waals surface area contributed by atoms with Crippen LogP contribution in [0.25, 0.3) is 11.0 Å². The van der Waals surface area contributed by atoms with Gasteiger partial charge in [-0.05, 0) is 30.5 Å². The summed E-state index contributed by atoms with van der Waals surface area (Å²) in [5, 5.41) is 16.1. The second-order valence-corrected chi connectivity index (χ2v) is 5.39. The van der Waals surface area contributed by atoms with Crippen LogP contribution in [-0.4, -0.2) is 26.6 Å². The molecule has 5 nitrogen and oxygen atoms in total. The Bertz CT molecular complexity index is 714. The Morgan fingerprint density at radius 2 is 2.20 bits per heavy atom. The average molecular weight is 286 g/mol. The SMILES string of the molecule is Cc1nc(NC[C@H](O)c2cccs2)c2cccnc2n1. The number of nitrogens with zero attached hydrogens (tertiary/aromatic N) is 3. The van der Waals surface area contributed by atoms with E-state index in [9.17, 15) is 5.11 Å². The van der Waals surface area contributed by atoms with Gasteiger partial charge in [0.15, 0.2) is 5.65 Å². The van der Waals surface area contributed by atoms with Crippen molar-refractivity contribution in [3.05, 3.63) is 46.5 Å². The third-order valence-corrected chi connectivity index (χ3v) is 3.89. The maximum atomic E-state index is 10.1. The highest BCUT2D eigenvalue weighted by Gasteiger charge is 2.11. The summed E-state index contributed by atoms with van der Waals surface area (Å²) in [6, 6.07) is 7.61. The third-order valence-electron chi connectivity index (χ3n) is 2.92. The number of rotatable bonds is 4. The van der Waals surface area contributed by atoms with Gasteiger partial charge in [-0.25, -0.2) is 15.0 Å². The molecule has 0 aliphatic rings. The molecule has 3 aromatic rings. The number of fused-ring (bicyclic) bond motifs is 1. The quantitative estimate of drug-likeness (QED) is 0.771. The number of pyridine rings is 1. The van der Waals surface area contributed by atoms with Gasteiger partial charge in [-0.3, -0.25) is 0 Å². The first kappa shape index (κ1) is 13.0. The second-order valence-electron chi connectivity index (χ2n) is 4.41. The van der Waals surface area contributed by atoms with Gasteiger partial charge >= 0.3 is 0 Å². The first-order valence-electron chi connectivity index (χ1n) is 6.29. The number of aliphatic hydroxyl groups excluding tert-OH is 1. The molecule has 0 amide bonds. The Morgan fingerprint density at radius 1 is 1.30 bits per heavy atom. The zero-order valence-electron chi connectivity index (χ0n) is 10.9. The van der Waals surface area contributed by atoms with Gasteiger partial charge in [-0.2, -0.15) is 0 Å². The van der Waals surface area contributed by atoms with Crippen LogP contribution in [0.2, 0.25) is 0 Å². The molecule has 0 aromatic carbocycles. The fraction of sp³-hybridized carbons (Fsp3) is 0.214. The van der Waals surface area contributed by atoms with Crippen molar-refractivity contribution in [2.75, 3.05) is 11.9 Å². The Balaban J connectivity index is 1.84. The molecule has 0 aliphatic heterocycles. The lowest BCUT2D eigenvalue weighted by molar-refractivity contribution is 0.195. The first-order chi connectivity index (χ1) is 9.74. The zero-order chi connectivity index (χ0) is 13.9. The maximum Gasteiger partial charge on any atom is 0.164 e. The monoisotopic (exact) mass is 286 g/mol. The normalized spacial score (nSPS) is 12.5. The Labute approximate surface area is 120 Å². The van der Waals surface area contributed by atoms with Gasteiger partial charge in [-0.15, -0.1) is 11.3 Å². The van der Waals surface area contributed by atoms with Crippen LogP contribution in [-0.2, 0) is 0 Å². The molecule has 0 radical (unpaired) electrons. The minimum Gasteiger partial charge on any atom is -0.386 e. The highest BCUT2D eigenvalue weighted by atomic mass is 32.1. The predicted molar refractivity (Wildman–Crippen MR) is 79.8 cm³/mol. The van der Waals surface area contributed by atoms with E-state index in [1.165, 1.54) is 11.3 Å². The smallest absolute Gasteiger partial charge is 0.164 e. The van der Waals surface area contributed by atoms with E-state index in [4.69, 9.17) is 0 Å². The first-order valence-corrected chi connectivity index (χ1v) is 7.17. The Morgan fingerprint density at radius 3 is 3.00 bits per heavy atom. The van der Waals surface area contributed by atoms with Crippen molar-refractivity contribution in [1.29, 1.82) is 0 Å². The fourth-order valence-electron chi connectivity index (χ4n) is 1.98. The summed E-state index contributed by atoms with van der Waals surface area (Å²) in [5.74, 6) is 1.36. The molecule has 0 spiro atoms. The largest absolute Gasteiger partial charge is 0.386 e. The van der Waals surface area contributed by atoms with Crippen molar-refractivity contribution >= 4 is 28.2 Å². The summed E-state index contributed by atoms with van der Waals surface area (Å²) < 4.78 is 0. The molecule has 0 saturated carbocycles. The van der Waals surface area contributed by atoms with Crippen LogP contribution in [0.1, 0.15) is 16.8 Å². The number of anilines is 1. The predicted octanol–water partition coefficient (Wildman–Crippen LogP) is 2.54. The van der Waals surface area contributed by atoms with Crippen LogP contribution < -0.4 is 5.32 Å². The summed E-state index contributed by atoms with van der Waals surface area (Å²) in [5.41, 5.74) is 0.660. The molecule has 0 aliphatic carbocycles.